The van der Waals surface area contributed by atoms with Gasteiger partial charge in [-0.1, -0.05) is 12.1 Å². The lowest BCUT2D eigenvalue weighted by Gasteiger charge is -2.30. The van der Waals surface area contributed by atoms with E-state index in [1.807, 2.05) is 17.2 Å². The Labute approximate surface area is 99.2 Å². The normalized spacial score (nSPS) is 23.2. The average Bonchev–Trinajstić information content (AvgIpc) is 2.64. The van der Waals surface area contributed by atoms with E-state index in [-0.39, 0.29) is 11.9 Å². The standard InChI is InChI=1S/C12H14N2OS/c1-16-10-4-2-3-8-9-7-13-5-6-14(9)12(15)11(8)10/h2-4,9,13H,5-7H2,1H3/t9-/m0/s1. The molecule has 0 saturated carbocycles. The second-order valence-corrected chi connectivity index (χ2v) is 4.99. The Bertz CT molecular complexity index is 447. The minimum Gasteiger partial charge on any atom is -0.329 e. The maximum atomic E-state index is 12.3. The molecule has 1 fully saturated rings. The van der Waals surface area contributed by atoms with E-state index in [4.69, 9.17) is 0 Å². The smallest absolute Gasteiger partial charge is 0.255 e. The summed E-state index contributed by atoms with van der Waals surface area (Å²) >= 11 is 1.66. The number of piperazine rings is 1. The molecule has 1 saturated heterocycles. The first-order chi connectivity index (χ1) is 7.83. The minimum absolute atomic E-state index is 0.214. The van der Waals surface area contributed by atoms with Gasteiger partial charge in [0.25, 0.3) is 5.91 Å². The van der Waals surface area contributed by atoms with Gasteiger partial charge in [0.1, 0.15) is 0 Å². The molecule has 16 heavy (non-hydrogen) atoms. The van der Waals surface area contributed by atoms with E-state index in [0.717, 1.165) is 30.1 Å². The second-order valence-electron chi connectivity index (χ2n) is 4.14. The molecule has 1 aromatic rings. The Morgan fingerprint density at radius 1 is 1.50 bits per heavy atom. The van der Waals surface area contributed by atoms with Crippen molar-refractivity contribution in [2.75, 3.05) is 25.9 Å². The van der Waals surface area contributed by atoms with Gasteiger partial charge >= 0.3 is 0 Å². The number of thioether (sulfide) groups is 1. The predicted molar refractivity (Wildman–Crippen MR) is 64.9 cm³/mol. The molecule has 0 spiro atoms. The summed E-state index contributed by atoms with van der Waals surface area (Å²) in [5, 5.41) is 3.35. The number of benzene rings is 1. The molecule has 2 aliphatic heterocycles. The molecule has 1 aromatic carbocycles. The van der Waals surface area contributed by atoms with E-state index in [1.54, 1.807) is 11.8 Å². The number of fused-ring (bicyclic) bond motifs is 3. The highest BCUT2D eigenvalue weighted by atomic mass is 32.2. The molecular weight excluding hydrogens is 220 g/mol. The molecule has 1 amide bonds. The number of rotatable bonds is 1. The number of nitrogens with zero attached hydrogens (tertiary/aromatic N) is 1. The summed E-state index contributed by atoms with van der Waals surface area (Å²) in [7, 11) is 0. The van der Waals surface area contributed by atoms with Gasteiger partial charge in [0.05, 0.1) is 11.6 Å². The van der Waals surface area contributed by atoms with Crippen molar-refractivity contribution in [2.24, 2.45) is 0 Å². The van der Waals surface area contributed by atoms with Crippen LogP contribution in [0.2, 0.25) is 0 Å². The van der Waals surface area contributed by atoms with Crippen molar-refractivity contribution in [3.63, 3.8) is 0 Å². The molecule has 2 heterocycles. The van der Waals surface area contributed by atoms with Gasteiger partial charge in [0, 0.05) is 24.5 Å². The summed E-state index contributed by atoms with van der Waals surface area (Å²) in [6.07, 6.45) is 2.03. The fourth-order valence-corrected chi connectivity index (χ4v) is 3.22. The van der Waals surface area contributed by atoms with Crippen molar-refractivity contribution in [3.8, 4) is 0 Å². The lowest BCUT2D eigenvalue weighted by Crippen LogP contribution is -2.44. The lowest BCUT2D eigenvalue weighted by molar-refractivity contribution is 0.0689. The molecule has 0 aromatic heterocycles. The Hall–Kier alpha value is -1.00. The molecule has 0 bridgehead atoms. The summed E-state index contributed by atoms with van der Waals surface area (Å²) in [5.74, 6) is 0.214. The number of nitrogens with one attached hydrogen (secondary N) is 1. The average molecular weight is 234 g/mol. The van der Waals surface area contributed by atoms with Crippen LogP contribution in [0.25, 0.3) is 0 Å². The highest BCUT2D eigenvalue weighted by molar-refractivity contribution is 7.98. The van der Waals surface area contributed by atoms with Crippen molar-refractivity contribution >= 4 is 17.7 Å². The summed E-state index contributed by atoms with van der Waals surface area (Å²) in [5.41, 5.74) is 2.13. The van der Waals surface area contributed by atoms with Gasteiger partial charge in [0.15, 0.2) is 0 Å². The first-order valence-corrected chi connectivity index (χ1v) is 6.74. The van der Waals surface area contributed by atoms with Crippen molar-refractivity contribution in [3.05, 3.63) is 29.3 Å². The molecule has 0 aliphatic carbocycles. The third-order valence-electron chi connectivity index (χ3n) is 3.36. The van der Waals surface area contributed by atoms with Crippen molar-refractivity contribution < 1.29 is 4.79 Å². The maximum Gasteiger partial charge on any atom is 0.255 e. The SMILES string of the molecule is CSc1cccc2c1C(=O)N1CCNC[C@@H]21. The zero-order valence-electron chi connectivity index (χ0n) is 9.19. The van der Waals surface area contributed by atoms with Crippen LogP contribution in [0.1, 0.15) is 22.0 Å². The number of amides is 1. The van der Waals surface area contributed by atoms with E-state index in [9.17, 15) is 4.79 Å². The maximum absolute atomic E-state index is 12.3. The van der Waals surface area contributed by atoms with Crippen LogP contribution in [0.4, 0.5) is 0 Å². The number of carbonyl (C=O) groups excluding carboxylic acids is 1. The predicted octanol–water partition coefficient (Wildman–Crippen LogP) is 1.51. The van der Waals surface area contributed by atoms with Crippen molar-refractivity contribution in [1.29, 1.82) is 0 Å². The molecule has 84 valence electrons. The first-order valence-electron chi connectivity index (χ1n) is 5.51. The molecule has 1 N–H and O–H groups in total. The van der Waals surface area contributed by atoms with Crippen LogP contribution in [0.3, 0.4) is 0 Å². The van der Waals surface area contributed by atoms with Crippen molar-refractivity contribution in [2.45, 2.75) is 10.9 Å². The molecule has 3 nitrogen and oxygen atoms in total. The van der Waals surface area contributed by atoms with E-state index in [2.05, 4.69) is 17.4 Å². The highest BCUT2D eigenvalue weighted by Gasteiger charge is 2.39. The van der Waals surface area contributed by atoms with Crippen LogP contribution in [-0.2, 0) is 0 Å². The van der Waals surface area contributed by atoms with E-state index in [1.165, 1.54) is 5.56 Å². The molecule has 4 heteroatoms. The Kier molecular flexibility index (Phi) is 2.41. The Morgan fingerprint density at radius 3 is 3.19 bits per heavy atom. The van der Waals surface area contributed by atoms with Crippen molar-refractivity contribution in [1.82, 2.24) is 10.2 Å². The van der Waals surface area contributed by atoms with Gasteiger partial charge in [0.2, 0.25) is 0 Å². The van der Waals surface area contributed by atoms with Gasteiger partial charge in [-0.25, -0.2) is 0 Å². The molecule has 1 atom stereocenters. The molecule has 0 radical (unpaired) electrons. The van der Waals surface area contributed by atoms with Crippen LogP contribution in [0.5, 0.6) is 0 Å². The number of carbonyl (C=O) groups is 1. The van der Waals surface area contributed by atoms with Crippen LogP contribution in [0, 0.1) is 0 Å². The number of hydrogen-bond acceptors (Lipinski definition) is 3. The van der Waals surface area contributed by atoms with Crippen LogP contribution < -0.4 is 5.32 Å². The van der Waals surface area contributed by atoms with Gasteiger partial charge < -0.3 is 10.2 Å². The highest BCUT2D eigenvalue weighted by Crippen LogP contribution is 2.38. The fraction of sp³-hybridized carbons (Fsp3) is 0.417. The van der Waals surface area contributed by atoms with E-state index < -0.39 is 0 Å². The monoisotopic (exact) mass is 234 g/mol. The summed E-state index contributed by atoms with van der Waals surface area (Å²) < 4.78 is 0. The van der Waals surface area contributed by atoms with E-state index in [0.29, 0.717) is 0 Å². The largest absolute Gasteiger partial charge is 0.329 e. The van der Waals surface area contributed by atoms with Gasteiger partial charge in [-0.2, -0.15) is 0 Å². The third kappa shape index (κ3) is 1.30. The third-order valence-corrected chi connectivity index (χ3v) is 4.14. The Balaban J connectivity index is 2.13. The van der Waals surface area contributed by atoms with Gasteiger partial charge in [-0.3, -0.25) is 4.79 Å². The van der Waals surface area contributed by atoms with Crippen LogP contribution >= 0.6 is 11.8 Å². The number of hydrogen-bond donors (Lipinski definition) is 1. The minimum atomic E-state index is 0.214. The molecule has 2 aliphatic rings. The second kappa shape index (κ2) is 3.79. The van der Waals surface area contributed by atoms with Crippen LogP contribution in [0.15, 0.2) is 23.1 Å². The Morgan fingerprint density at radius 2 is 2.38 bits per heavy atom. The zero-order valence-corrected chi connectivity index (χ0v) is 10.0. The summed E-state index contributed by atoms with van der Waals surface area (Å²) in [6, 6.07) is 6.43. The lowest BCUT2D eigenvalue weighted by atomic mass is 10.0. The zero-order chi connectivity index (χ0) is 11.1. The van der Waals surface area contributed by atoms with E-state index >= 15 is 0 Å². The van der Waals surface area contributed by atoms with Gasteiger partial charge in [-0.05, 0) is 17.9 Å². The molecule has 0 unspecified atom stereocenters. The quantitative estimate of drug-likeness (QED) is 0.748. The van der Waals surface area contributed by atoms with Gasteiger partial charge in [-0.15, -0.1) is 11.8 Å². The summed E-state index contributed by atoms with van der Waals surface area (Å²) in [4.78, 5) is 15.4. The van der Waals surface area contributed by atoms with Crippen LogP contribution in [-0.4, -0.2) is 36.7 Å². The topological polar surface area (TPSA) is 32.3 Å². The molecular formula is C12H14N2OS. The summed E-state index contributed by atoms with van der Waals surface area (Å²) in [6.45, 7) is 2.62. The first kappa shape index (κ1) is 10.2. The molecule has 3 rings (SSSR count). The fourth-order valence-electron chi connectivity index (χ4n) is 2.59.